The Hall–Kier alpha value is -2.15. The molecule has 0 amide bonds. The fourth-order valence-electron chi connectivity index (χ4n) is 2.44. The van der Waals surface area contributed by atoms with Crippen LogP contribution in [0.5, 0.6) is 0 Å². The molecule has 2 aromatic rings. The highest BCUT2D eigenvalue weighted by atomic mass is 35.5. The van der Waals surface area contributed by atoms with Crippen LogP contribution in [0.25, 0.3) is 10.7 Å². The average molecular weight is 365 g/mol. The van der Waals surface area contributed by atoms with Gasteiger partial charge in [-0.25, -0.2) is 4.39 Å². The molecule has 0 spiro atoms. The third-order valence-corrected chi connectivity index (χ3v) is 3.68. The minimum atomic E-state index is -6.00. The molecule has 1 aromatic carbocycles. The van der Waals surface area contributed by atoms with Crippen molar-refractivity contribution in [1.82, 2.24) is 9.78 Å². The van der Waals surface area contributed by atoms with Gasteiger partial charge in [0, 0.05) is 11.0 Å². The Morgan fingerprint density at radius 2 is 1.79 bits per heavy atom. The van der Waals surface area contributed by atoms with Crippen molar-refractivity contribution in [3.05, 3.63) is 45.3 Å². The van der Waals surface area contributed by atoms with Crippen LogP contribution in [0.15, 0.2) is 18.2 Å². The summed E-state index contributed by atoms with van der Waals surface area (Å²) < 4.78 is 54.0. The van der Waals surface area contributed by atoms with E-state index in [0.717, 1.165) is 36.9 Å². The second kappa shape index (κ2) is 7.17. The maximum atomic E-state index is 13.5. The lowest BCUT2D eigenvalue weighted by Gasteiger charge is -2.04. The van der Waals surface area contributed by atoms with Gasteiger partial charge in [-0.05, 0) is 37.8 Å². The normalized spacial score (nSPS) is 13.5. The summed E-state index contributed by atoms with van der Waals surface area (Å²) in [7, 11) is -6.00. The Labute approximate surface area is 139 Å². The molecular weight excluding hydrogens is 353 g/mol. The molecule has 0 saturated carbocycles. The fourth-order valence-corrected chi connectivity index (χ4v) is 2.55. The Balaban J connectivity index is 0.000000368. The number of halogens is 6. The Morgan fingerprint density at radius 3 is 2.38 bits per heavy atom. The SMILES string of the molecule is F[B-](F)(F)F.N#[N+]c1c2c(nn1-c1ccc(Cl)c(F)c1)CCCC2. The first kappa shape index (κ1) is 18.2. The number of diazo groups is 1. The van der Waals surface area contributed by atoms with Gasteiger partial charge in [0.15, 0.2) is 5.69 Å². The molecule has 3 rings (SSSR count). The van der Waals surface area contributed by atoms with E-state index in [1.165, 1.54) is 16.8 Å². The lowest BCUT2D eigenvalue weighted by molar-refractivity contribution is 0.368. The molecule has 0 radical (unpaired) electrons. The lowest BCUT2D eigenvalue weighted by atomic mass is 9.98. The Bertz CT molecular complexity index is 778. The summed E-state index contributed by atoms with van der Waals surface area (Å²) in [5.41, 5.74) is 2.38. The number of benzene rings is 1. The molecule has 0 unspecified atom stereocenters. The zero-order valence-electron chi connectivity index (χ0n) is 12.2. The first-order valence-corrected chi connectivity index (χ1v) is 7.37. The number of hydrogen-bond acceptors (Lipinski definition) is 2. The summed E-state index contributed by atoms with van der Waals surface area (Å²) >= 11 is 5.67. The van der Waals surface area contributed by atoms with Crippen LogP contribution >= 0.6 is 11.6 Å². The molecule has 11 heteroatoms. The molecule has 0 aliphatic heterocycles. The number of aromatic nitrogens is 2. The van der Waals surface area contributed by atoms with Gasteiger partial charge in [-0.15, -0.1) is 0 Å². The van der Waals surface area contributed by atoms with Crippen molar-refractivity contribution >= 4 is 24.7 Å². The van der Waals surface area contributed by atoms with Crippen molar-refractivity contribution in [2.24, 2.45) is 0 Å². The van der Waals surface area contributed by atoms with Gasteiger partial charge in [-0.3, -0.25) is 0 Å². The topological polar surface area (TPSA) is 46.0 Å². The molecule has 128 valence electrons. The predicted octanol–water partition coefficient (Wildman–Crippen LogP) is 5.33. The molecule has 1 aliphatic carbocycles. The van der Waals surface area contributed by atoms with Crippen molar-refractivity contribution in [2.75, 3.05) is 0 Å². The van der Waals surface area contributed by atoms with E-state index in [9.17, 15) is 27.0 Å². The summed E-state index contributed by atoms with van der Waals surface area (Å²) in [4.78, 5) is 3.32. The molecule has 0 fully saturated rings. The minimum absolute atomic E-state index is 0.0585. The first-order chi connectivity index (χ1) is 11.2. The zero-order chi connectivity index (χ0) is 17.9. The van der Waals surface area contributed by atoms with E-state index >= 15 is 0 Å². The van der Waals surface area contributed by atoms with Gasteiger partial charge >= 0.3 is 13.1 Å². The van der Waals surface area contributed by atoms with Crippen molar-refractivity contribution in [1.29, 1.82) is 5.39 Å². The molecule has 4 nitrogen and oxygen atoms in total. The molecular formula is C13H11BClF5N4. The monoisotopic (exact) mass is 364 g/mol. The van der Waals surface area contributed by atoms with Crippen LogP contribution in [-0.4, -0.2) is 17.0 Å². The zero-order valence-corrected chi connectivity index (χ0v) is 13.0. The largest absolute Gasteiger partial charge is 0.673 e. The van der Waals surface area contributed by atoms with Crippen LogP contribution in [0.3, 0.4) is 0 Å². The van der Waals surface area contributed by atoms with Crippen LogP contribution < -0.4 is 0 Å². The Kier molecular flexibility index (Phi) is 5.44. The van der Waals surface area contributed by atoms with Crippen LogP contribution in [0.2, 0.25) is 5.02 Å². The van der Waals surface area contributed by atoms with Crippen LogP contribution in [-0.2, 0) is 12.8 Å². The second-order valence-electron chi connectivity index (χ2n) is 5.06. The van der Waals surface area contributed by atoms with Gasteiger partial charge in [0.2, 0.25) is 0 Å². The highest BCUT2D eigenvalue weighted by molar-refractivity contribution is 6.50. The van der Waals surface area contributed by atoms with Crippen LogP contribution in [0, 0.1) is 11.2 Å². The van der Waals surface area contributed by atoms with E-state index in [1.54, 1.807) is 6.07 Å². The van der Waals surface area contributed by atoms with Gasteiger partial charge in [0.05, 0.1) is 21.7 Å². The summed E-state index contributed by atoms with van der Waals surface area (Å²) in [6, 6.07) is 4.40. The maximum Gasteiger partial charge on any atom is 0.673 e. The number of rotatable bonds is 1. The van der Waals surface area contributed by atoms with E-state index < -0.39 is 13.1 Å². The fraction of sp³-hybridized carbons (Fsp3) is 0.308. The molecule has 1 aromatic heterocycles. The summed E-state index contributed by atoms with van der Waals surface area (Å²) in [6.45, 7) is 0. The molecule has 1 heterocycles. The minimum Gasteiger partial charge on any atom is -0.418 e. The van der Waals surface area contributed by atoms with E-state index in [1.807, 2.05) is 0 Å². The second-order valence-corrected chi connectivity index (χ2v) is 5.47. The molecule has 0 atom stereocenters. The average Bonchev–Trinajstić information content (AvgIpc) is 2.87. The third kappa shape index (κ3) is 4.44. The highest BCUT2D eigenvalue weighted by Crippen LogP contribution is 2.32. The first-order valence-electron chi connectivity index (χ1n) is 6.99. The van der Waals surface area contributed by atoms with Gasteiger partial charge in [0.1, 0.15) is 5.82 Å². The number of fused-ring (bicyclic) bond motifs is 1. The van der Waals surface area contributed by atoms with Crippen molar-refractivity contribution in [3.8, 4) is 5.69 Å². The van der Waals surface area contributed by atoms with E-state index in [0.29, 0.717) is 11.5 Å². The van der Waals surface area contributed by atoms with E-state index in [4.69, 9.17) is 11.6 Å². The van der Waals surface area contributed by atoms with Crippen LogP contribution in [0.1, 0.15) is 24.1 Å². The highest BCUT2D eigenvalue weighted by Gasteiger charge is 2.30. The summed E-state index contributed by atoms with van der Waals surface area (Å²) in [5.74, 6) is -0.132. The molecule has 0 N–H and O–H groups in total. The standard InChI is InChI=1S/C13H11ClFN4.BF4/c14-10-6-5-8(7-11(10)15)19-13(17-16)9-3-1-2-4-12(9)18-19;2-1(3,4)5/h5-7H,1-4H2;/q+1;-1. The molecule has 0 saturated heterocycles. The third-order valence-electron chi connectivity index (χ3n) is 3.37. The lowest BCUT2D eigenvalue weighted by Crippen LogP contribution is -2.02. The predicted molar refractivity (Wildman–Crippen MR) is 80.1 cm³/mol. The molecule has 24 heavy (non-hydrogen) atoms. The van der Waals surface area contributed by atoms with E-state index in [2.05, 4.69) is 10.1 Å². The number of nitrogens with zero attached hydrogens (tertiary/aromatic N) is 4. The summed E-state index contributed by atoms with van der Waals surface area (Å²) in [6.07, 6.45) is 3.83. The summed E-state index contributed by atoms with van der Waals surface area (Å²) in [5, 5.41) is 13.7. The van der Waals surface area contributed by atoms with Crippen molar-refractivity contribution in [3.63, 3.8) is 0 Å². The molecule has 0 bridgehead atoms. The van der Waals surface area contributed by atoms with Crippen molar-refractivity contribution < 1.29 is 21.7 Å². The number of aryl methyl sites for hydroxylation is 1. The number of hydrogen-bond donors (Lipinski definition) is 0. The van der Waals surface area contributed by atoms with Crippen molar-refractivity contribution in [2.45, 2.75) is 25.7 Å². The van der Waals surface area contributed by atoms with Gasteiger partial charge in [0.25, 0.3) is 0 Å². The van der Waals surface area contributed by atoms with Gasteiger partial charge in [-0.2, -0.15) is 0 Å². The Morgan fingerprint density at radius 1 is 1.17 bits per heavy atom. The van der Waals surface area contributed by atoms with E-state index in [-0.39, 0.29) is 5.02 Å². The maximum absolute atomic E-state index is 13.5. The van der Waals surface area contributed by atoms with Gasteiger partial charge in [-0.1, -0.05) is 21.4 Å². The smallest absolute Gasteiger partial charge is 0.418 e. The molecule has 1 aliphatic rings. The quantitative estimate of drug-likeness (QED) is 0.390. The van der Waals surface area contributed by atoms with Crippen LogP contribution in [0.4, 0.5) is 27.5 Å². The van der Waals surface area contributed by atoms with Gasteiger partial charge < -0.3 is 17.3 Å².